The second-order valence-electron chi connectivity index (χ2n) is 5.67. The van der Waals surface area contributed by atoms with E-state index in [0.717, 1.165) is 16.6 Å². The number of rotatable bonds is 4. The summed E-state index contributed by atoms with van der Waals surface area (Å²) in [7, 11) is 0. The Hall–Kier alpha value is -2.88. The van der Waals surface area contributed by atoms with Crippen LogP contribution < -0.4 is 5.43 Å². The van der Waals surface area contributed by atoms with Gasteiger partial charge < -0.3 is 9.30 Å². The highest BCUT2D eigenvalue weighted by Gasteiger charge is 2.14. The number of pyridine rings is 1. The van der Waals surface area contributed by atoms with E-state index >= 15 is 0 Å². The van der Waals surface area contributed by atoms with E-state index in [1.54, 1.807) is 13.0 Å². The maximum absolute atomic E-state index is 12.5. The average Bonchev–Trinajstić information content (AvgIpc) is 2.58. The van der Waals surface area contributed by atoms with Crippen LogP contribution in [0.15, 0.2) is 59.4 Å². The predicted octanol–water partition coefficient (Wildman–Crippen LogP) is 3.54. The van der Waals surface area contributed by atoms with E-state index in [0.29, 0.717) is 17.7 Å². The van der Waals surface area contributed by atoms with E-state index in [1.165, 1.54) is 0 Å². The first kappa shape index (κ1) is 16.0. The first-order valence-corrected chi connectivity index (χ1v) is 7.95. The predicted molar refractivity (Wildman–Crippen MR) is 95.0 cm³/mol. The summed E-state index contributed by atoms with van der Waals surface area (Å²) >= 11 is 0. The van der Waals surface area contributed by atoms with E-state index < -0.39 is 0 Å². The van der Waals surface area contributed by atoms with Crippen molar-refractivity contribution in [1.29, 1.82) is 0 Å². The van der Waals surface area contributed by atoms with Gasteiger partial charge in [-0.2, -0.15) is 0 Å². The molecule has 1 aromatic heterocycles. The number of hydrogen-bond donors (Lipinski definition) is 0. The Balaban J connectivity index is 2.29. The van der Waals surface area contributed by atoms with Crippen molar-refractivity contribution in [3.63, 3.8) is 0 Å². The second-order valence-corrected chi connectivity index (χ2v) is 5.67. The van der Waals surface area contributed by atoms with Gasteiger partial charge >= 0.3 is 5.97 Å². The number of aromatic nitrogens is 1. The van der Waals surface area contributed by atoms with Crippen molar-refractivity contribution in [2.75, 3.05) is 6.61 Å². The molecule has 3 rings (SSSR count). The summed E-state index contributed by atoms with van der Waals surface area (Å²) in [5.41, 5.74) is 3.33. The maximum Gasteiger partial charge on any atom is 0.325 e. The summed E-state index contributed by atoms with van der Waals surface area (Å²) in [5.74, 6) is -0.318. The molecule has 3 aromatic rings. The number of carbonyl (C=O) groups is 1. The highest BCUT2D eigenvalue weighted by atomic mass is 16.5. The molecule has 4 nitrogen and oxygen atoms in total. The topological polar surface area (TPSA) is 48.3 Å². The molecule has 0 radical (unpaired) electrons. The molecule has 4 heteroatoms. The molecule has 0 fully saturated rings. The fourth-order valence-corrected chi connectivity index (χ4v) is 2.84. The van der Waals surface area contributed by atoms with Crippen LogP contribution in [0.4, 0.5) is 0 Å². The molecule has 24 heavy (non-hydrogen) atoms. The largest absolute Gasteiger partial charge is 0.465 e. The molecule has 122 valence electrons. The molecule has 0 aliphatic carbocycles. The van der Waals surface area contributed by atoms with Crippen LogP contribution in [0.1, 0.15) is 12.5 Å². The fraction of sp³-hybridized carbons (Fsp3) is 0.200. The lowest BCUT2D eigenvalue weighted by Crippen LogP contribution is -2.18. The van der Waals surface area contributed by atoms with Gasteiger partial charge in [0.05, 0.1) is 17.8 Å². The molecule has 0 bridgehead atoms. The summed E-state index contributed by atoms with van der Waals surface area (Å²) in [6.07, 6.45) is 0. The Morgan fingerprint density at radius 1 is 1.08 bits per heavy atom. The minimum Gasteiger partial charge on any atom is -0.465 e. The Labute approximate surface area is 140 Å². The van der Waals surface area contributed by atoms with Crippen LogP contribution in [0.25, 0.3) is 22.2 Å². The van der Waals surface area contributed by atoms with Crippen LogP contribution in [-0.4, -0.2) is 17.1 Å². The van der Waals surface area contributed by atoms with E-state index in [9.17, 15) is 9.59 Å². The van der Waals surface area contributed by atoms with Crippen LogP contribution in [-0.2, 0) is 16.1 Å². The smallest absolute Gasteiger partial charge is 0.325 e. The van der Waals surface area contributed by atoms with Gasteiger partial charge in [-0.15, -0.1) is 0 Å². The lowest BCUT2D eigenvalue weighted by molar-refractivity contribution is -0.143. The molecule has 0 amide bonds. The van der Waals surface area contributed by atoms with Crippen molar-refractivity contribution in [3.8, 4) is 11.3 Å². The molecule has 0 aliphatic heterocycles. The molecule has 0 N–H and O–H groups in total. The van der Waals surface area contributed by atoms with Crippen LogP contribution in [0, 0.1) is 6.92 Å². The molecule has 1 heterocycles. The molecular formula is C20H19NO3. The minimum absolute atomic E-state index is 0.0519. The summed E-state index contributed by atoms with van der Waals surface area (Å²) in [4.78, 5) is 24.6. The van der Waals surface area contributed by atoms with Crippen LogP contribution in [0.3, 0.4) is 0 Å². The van der Waals surface area contributed by atoms with Gasteiger partial charge in [-0.25, -0.2) is 0 Å². The molecule has 0 aliphatic rings. The van der Waals surface area contributed by atoms with Gasteiger partial charge in [0.25, 0.3) is 0 Å². The van der Waals surface area contributed by atoms with Gasteiger partial charge in [0.1, 0.15) is 6.54 Å². The highest BCUT2D eigenvalue weighted by Crippen LogP contribution is 2.23. The zero-order valence-electron chi connectivity index (χ0n) is 13.8. The first-order chi connectivity index (χ1) is 11.6. The SMILES string of the molecule is CCOC(=O)Cn1c(-c2ccccc2)cc(=O)c2ccc(C)cc21. The fourth-order valence-electron chi connectivity index (χ4n) is 2.84. The minimum atomic E-state index is -0.318. The van der Waals surface area contributed by atoms with Crippen LogP contribution in [0.5, 0.6) is 0 Å². The van der Waals surface area contributed by atoms with Crippen molar-refractivity contribution < 1.29 is 9.53 Å². The molecule has 0 saturated heterocycles. The number of hydrogen-bond acceptors (Lipinski definition) is 3. The molecule has 2 aromatic carbocycles. The van der Waals surface area contributed by atoms with Gasteiger partial charge in [-0.05, 0) is 37.1 Å². The van der Waals surface area contributed by atoms with Crippen LogP contribution in [0.2, 0.25) is 0 Å². The van der Waals surface area contributed by atoms with Gasteiger partial charge in [0.2, 0.25) is 0 Å². The highest BCUT2D eigenvalue weighted by molar-refractivity contribution is 5.85. The number of ether oxygens (including phenoxy) is 1. The standard InChI is InChI=1S/C20H19NO3/c1-3-24-20(23)13-21-17(15-7-5-4-6-8-15)12-19(22)16-10-9-14(2)11-18(16)21/h4-12H,3,13H2,1-2H3. The number of carbonyl (C=O) groups excluding carboxylic acids is 1. The van der Waals surface area contributed by atoms with E-state index in [4.69, 9.17) is 4.74 Å². The number of aryl methyl sites for hydroxylation is 1. The lowest BCUT2D eigenvalue weighted by Gasteiger charge is -2.17. The third kappa shape index (κ3) is 3.08. The molecule has 0 spiro atoms. The van der Waals surface area contributed by atoms with Gasteiger partial charge in [-0.3, -0.25) is 9.59 Å². The van der Waals surface area contributed by atoms with E-state index in [2.05, 4.69) is 0 Å². The van der Waals surface area contributed by atoms with Crippen LogP contribution >= 0.6 is 0 Å². The second kappa shape index (κ2) is 6.71. The molecule has 0 unspecified atom stereocenters. The van der Waals surface area contributed by atoms with E-state index in [1.807, 2.05) is 60.0 Å². The molecular weight excluding hydrogens is 302 g/mol. The average molecular weight is 321 g/mol. The quantitative estimate of drug-likeness (QED) is 0.691. The Morgan fingerprint density at radius 2 is 1.83 bits per heavy atom. The van der Waals surface area contributed by atoms with Gasteiger partial charge in [0, 0.05) is 11.5 Å². The maximum atomic E-state index is 12.5. The zero-order valence-corrected chi connectivity index (χ0v) is 13.8. The van der Waals surface area contributed by atoms with Crippen molar-refractivity contribution in [2.24, 2.45) is 0 Å². The number of esters is 1. The van der Waals surface area contributed by atoms with Gasteiger partial charge in [0.15, 0.2) is 5.43 Å². The number of nitrogens with zero attached hydrogens (tertiary/aromatic N) is 1. The molecule has 0 saturated carbocycles. The summed E-state index contributed by atoms with van der Waals surface area (Å²) < 4.78 is 6.97. The summed E-state index contributed by atoms with van der Waals surface area (Å²) in [6, 6.07) is 16.8. The Bertz CT molecular complexity index is 942. The third-order valence-corrected chi connectivity index (χ3v) is 3.93. The monoisotopic (exact) mass is 321 g/mol. The first-order valence-electron chi connectivity index (χ1n) is 7.95. The van der Waals surface area contributed by atoms with Gasteiger partial charge in [-0.1, -0.05) is 36.4 Å². The summed E-state index contributed by atoms with van der Waals surface area (Å²) in [6.45, 7) is 4.15. The lowest BCUT2D eigenvalue weighted by atomic mass is 10.1. The number of fused-ring (bicyclic) bond motifs is 1. The zero-order chi connectivity index (χ0) is 17.1. The normalized spacial score (nSPS) is 10.8. The van der Waals surface area contributed by atoms with Crippen molar-refractivity contribution >= 4 is 16.9 Å². The third-order valence-electron chi connectivity index (χ3n) is 3.93. The van der Waals surface area contributed by atoms with Crippen molar-refractivity contribution in [1.82, 2.24) is 4.57 Å². The summed E-state index contributed by atoms with van der Waals surface area (Å²) in [5, 5.41) is 0.601. The van der Waals surface area contributed by atoms with Crippen molar-refractivity contribution in [3.05, 3.63) is 70.4 Å². The van der Waals surface area contributed by atoms with Crippen molar-refractivity contribution in [2.45, 2.75) is 20.4 Å². The Morgan fingerprint density at radius 3 is 2.54 bits per heavy atom. The Kier molecular flexibility index (Phi) is 4.47. The number of benzene rings is 2. The van der Waals surface area contributed by atoms with E-state index in [-0.39, 0.29) is 17.9 Å². The molecule has 0 atom stereocenters.